The number of fused-ring (bicyclic) bond motifs is 1. The number of halogens is 3. The van der Waals surface area contributed by atoms with Gasteiger partial charge in [-0.15, -0.1) is 0 Å². The number of rotatable bonds is 7. The molecule has 5 rings (SSSR count). The highest BCUT2D eigenvalue weighted by Gasteiger charge is 2.72. The number of aryl methyl sites for hydroxylation is 1. The first-order valence-electron chi connectivity index (χ1n) is 11.6. The van der Waals surface area contributed by atoms with Gasteiger partial charge in [-0.25, -0.2) is 9.97 Å². The molecule has 4 nitrogen and oxygen atoms in total. The van der Waals surface area contributed by atoms with Crippen molar-refractivity contribution in [1.82, 2.24) is 14.9 Å². The predicted molar refractivity (Wildman–Crippen MR) is 122 cm³/mol. The molecule has 0 bridgehead atoms. The fourth-order valence-corrected chi connectivity index (χ4v) is 5.72. The summed E-state index contributed by atoms with van der Waals surface area (Å²) in [6.07, 6.45) is 6.03. The number of likely N-dealkylation sites (tertiary alicyclic amines) is 1. The van der Waals surface area contributed by atoms with Gasteiger partial charge in [0.05, 0.1) is 11.3 Å². The van der Waals surface area contributed by atoms with Crippen LogP contribution in [-0.2, 0) is 6.42 Å². The van der Waals surface area contributed by atoms with Gasteiger partial charge in [-0.1, -0.05) is 48.6 Å². The van der Waals surface area contributed by atoms with Crippen molar-refractivity contribution in [2.45, 2.75) is 43.8 Å². The van der Waals surface area contributed by atoms with Crippen molar-refractivity contribution in [3.8, 4) is 11.3 Å². The van der Waals surface area contributed by atoms with Crippen LogP contribution in [0.2, 0.25) is 0 Å². The number of unbranched alkanes of at least 4 members (excludes halogenated alkanes) is 1. The zero-order valence-corrected chi connectivity index (χ0v) is 18.6. The summed E-state index contributed by atoms with van der Waals surface area (Å²) in [7, 11) is 0. The lowest BCUT2D eigenvalue weighted by Gasteiger charge is -2.27. The summed E-state index contributed by atoms with van der Waals surface area (Å²) in [5.41, 5.74) is 7.81. The van der Waals surface area contributed by atoms with Crippen LogP contribution in [0.3, 0.4) is 0 Å². The van der Waals surface area contributed by atoms with Gasteiger partial charge in [0.1, 0.15) is 5.82 Å². The molecule has 2 aliphatic carbocycles. The standard InChI is InChI=1S/C26H29F3N4/c27-26(28,29)21-11-9-20(10-12-21)24-16-25(24,30)18-33(17-24)15-5-4-8-23-31-14-13-22(32-23)19-6-2-1-3-7-19/h1-3,6-7,9,11-14,20H,4-5,8,10,15-18,30H2/t20?,24-,25-/m1/s1. The van der Waals surface area contributed by atoms with Crippen LogP contribution in [0, 0.1) is 11.3 Å². The van der Waals surface area contributed by atoms with Crippen molar-refractivity contribution >= 4 is 0 Å². The molecule has 1 aromatic heterocycles. The van der Waals surface area contributed by atoms with E-state index in [9.17, 15) is 13.2 Å². The third-order valence-electron chi connectivity index (χ3n) is 7.55. The Balaban J connectivity index is 1.11. The van der Waals surface area contributed by atoms with Gasteiger partial charge in [-0.05, 0) is 44.2 Å². The minimum atomic E-state index is -4.27. The number of aromatic nitrogens is 2. The number of allylic oxidation sites excluding steroid dienone is 4. The molecular weight excluding hydrogens is 425 g/mol. The molecule has 0 radical (unpaired) electrons. The van der Waals surface area contributed by atoms with Crippen molar-refractivity contribution < 1.29 is 13.2 Å². The molecule has 1 saturated carbocycles. The van der Waals surface area contributed by atoms with E-state index in [1.165, 1.54) is 12.2 Å². The van der Waals surface area contributed by atoms with E-state index in [0.717, 1.165) is 62.4 Å². The molecule has 1 aliphatic heterocycles. The fourth-order valence-electron chi connectivity index (χ4n) is 5.72. The van der Waals surface area contributed by atoms with Crippen LogP contribution in [0.15, 0.2) is 66.4 Å². The highest BCUT2D eigenvalue weighted by Crippen LogP contribution is 2.65. The molecule has 7 heteroatoms. The number of hydrogen-bond donors (Lipinski definition) is 1. The van der Waals surface area contributed by atoms with E-state index in [-0.39, 0.29) is 16.9 Å². The molecule has 33 heavy (non-hydrogen) atoms. The van der Waals surface area contributed by atoms with E-state index in [0.29, 0.717) is 6.42 Å². The Kier molecular flexibility index (Phi) is 5.65. The zero-order valence-electron chi connectivity index (χ0n) is 18.6. The third-order valence-corrected chi connectivity index (χ3v) is 7.55. The number of alkyl halides is 3. The van der Waals surface area contributed by atoms with Gasteiger partial charge in [0.15, 0.2) is 0 Å². The van der Waals surface area contributed by atoms with Gasteiger partial charge in [-0.3, -0.25) is 0 Å². The number of nitrogens with zero attached hydrogens (tertiary/aromatic N) is 3. The van der Waals surface area contributed by atoms with E-state index in [2.05, 4.69) is 9.88 Å². The minimum Gasteiger partial charge on any atom is -0.323 e. The predicted octanol–water partition coefficient (Wildman–Crippen LogP) is 4.93. The Morgan fingerprint density at radius 3 is 2.64 bits per heavy atom. The topological polar surface area (TPSA) is 55.0 Å². The first-order chi connectivity index (χ1) is 15.8. The fraction of sp³-hybridized carbons (Fsp3) is 0.462. The molecule has 0 amide bonds. The van der Waals surface area contributed by atoms with Crippen LogP contribution in [0.4, 0.5) is 13.2 Å². The zero-order chi connectivity index (χ0) is 23.1. The van der Waals surface area contributed by atoms with Crippen molar-refractivity contribution in [1.29, 1.82) is 0 Å². The van der Waals surface area contributed by atoms with Gasteiger partial charge in [0.2, 0.25) is 0 Å². The van der Waals surface area contributed by atoms with Crippen LogP contribution < -0.4 is 5.73 Å². The van der Waals surface area contributed by atoms with E-state index < -0.39 is 11.7 Å². The summed E-state index contributed by atoms with van der Waals surface area (Å²) in [4.78, 5) is 11.5. The van der Waals surface area contributed by atoms with Gasteiger partial charge in [0, 0.05) is 42.2 Å². The maximum atomic E-state index is 12.9. The summed E-state index contributed by atoms with van der Waals surface area (Å²) < 4.78 is 38.8. The lowest BCUT2D eigenvalue weighted by atomic mass is 9.80. The van der Waals surface area contributed by atoms with Crippen LogP contribution >= 0.6 is 0 Å². The molecule has 1 aromatic carbocycles. The highest BCUT2D eigenvalue weighted by molar-refractivity contribution is 5.58. The summed E-state index contributed by atoms with van der Waals surface area (Å²) in [6.45, 7) is 2.64. The highest BCUT2D eigenvalue weighted by atomic mass is 19.4. The van der Waals surface area contributed by atoms with E-state index in [4.69, 9.17) is 10.7 Å². The largest absolute Gasteiger partial charge is 0.416 e. The molecule has 1 saturated heterocycles. The second-order valence-electron chi connectivity index (χ2n) is 9.74. The molecule has 174 valence electrons. The Hall–Kier alpha value is -2.51. The number of hydrogen-bond acceptors (Lipinski definition) is 4. The molecule has 2 N–H and O–H groups in total. The molecular formula is C26H29F3N4. The molecule has 3 aliphatic rings. The van der Waals surface area contributed by atoms with Gasteiger partial charge >= 0.3 is 6.18 Å². The average Bonchev–Trinajstić information content (AvgIpc) is 3.29. The molecule has 2 aromatic rings. The second-order valence-corrected chi connectivity index (χ2v) is 9.74. The van der Waals surface area contributed by atoms with Crippen LogP contribution in [-0.4, -0.2) is 46.2 Å². The van der Waals surface area contributed by atoms with E-state index in [1.807, 2.05) is 42.6 Å². The summed E-state index contributed by atoms with van der Waals surface area (Å²) in [6, 6.07) is 12.0. The Bertz CT molecular complexity index is 1060. The summed E-state index contributed by atoms with van der Waals surface area (Å²) in [5.74, 6) is 0.944. The number of piperidine rings is 1. The number of nitrogens with two attached hydrogens (primary N) is 1. The second kappa shape index (κ2) is 8.37. The van der Waals surface area contributed by atoms with Gasteiger partial charge in [0.25, 0.3) is 0 Å². The third kappa shape index (κ3) is 4.36. The van der Waals surface area contributed by atoms with E-state index in [1.54, 1.807) is 6.08 Å². The van der Waals surface area contributed by atoms with Crippen molar-refractivity contribution in [2.75, 3.05) is 19.6 Å². The smallest absolute Gasteiger partial charge is 0.323 e. The molecule has 2 heterocycles. The summed E-state index contributed by atoms with van der Waals surface area (Å²) in [5, 5.41) is 0. The van der Waals surface area contributed by atoms with Crippen molar-refractivity contribution in [3.05, 3.63) is 72.2 Å². The van der Waals surface area contributed by atoms with Crippen LogP contribution in [0.5, 0.6) is 0 Å². The van der Waals surface area contributed by atoms with Crippen molar-refractivity contribution in [2.24, 2.45) is 17.1 Å². The quantitative estimate of drug-likeness (QED) is 0.603. The molecule has 3 atom stereocenters. The van der Waals surface area contributed by atoms with E-state index >= 15 is 0 Å². The lowest BCUT2D eigenvalue weighted by molar-refractivity contribution is -0.0888. The van der Waals surface area contributed by atoms with Gasteiger partial charge in [-0.2, -0.15) is 13.2 Å². The lowest BCUT2D eigenvalue weighted by Crippen LogP contribution is -2.35. The Morgan fingerprint density at radius 1 is 1.09 bits per heavy atom. The van der Waals surface area contributed by atoms with Crippen LogP contribution in [0.1, 0.15) is 31.5 Å². The monoisotopic (exact) mass is 454 g/mol. The Labute approximate surface area is 192 Å². The van der Waals surface area contributed by atoms with Crippen molar-refractivity contribution in [3.63, 3.8) is 0 Å². The molecule has 0 spiro atoms. The number of benzene rings is 1. The SMILES string of the molecule is N[C@]12CN(CCCCc3nccc(-c4ccccc4)n3)C[C@@]1(C1C=CC(C(F)(F)F)=CC1)C2. The first kappa shape index (κ1) is 22.3. The van der Waals surface area contributed by atoms with Crippen LogP contribution in [0.25, 0.3) is 11.3 Å². The first-order valence-corrected chi connectivity index (χ1v) is 11.6. The molecule has 2 fully saturated rings. The molecule has 1 unspecified atom stereocenters. The maximum absolute atomic E-state index is 12.9. The normalized spacial score (nSPS) is 29.1. The average molecular weight is 455 g/mol. The maximum Gasteiger partial charge on any atom is 0.416 e. The summed E-state index contributed by atoms with van der Waals surface area (Å²) >= 11 is 0. The minimum absolute atomic E-state index is 0.0791. The van der Waals surface area contributed by atoms with Gasteiger partial charge < -0.3 is 10.6 Å². The Morgan fingerprint density at radius 2 is 1.91 bits per heavy atom.